The number of alkyl halides is 2. The molecule has 1 aromatic rings. The lowest BCUT2D eigenvalue weighted by Gasteiger charge is -2.45. The highest BCUT2D eigenvalue weighted by molar-refractivity contribution is 6.78. The van der Waals surface area contributed by atoms with E-state index in [1.807, 2.05) is 12.1 Å². The molecule has 1 unspecified atom stereocenters. The number of ether oxygens (including phenoxy) is 1. The summed E-state index contributed by atoms with van der Waals surface area (Å²) in [5.41, 5.74) is 3.37. The molecular weight excluding hydrogens is 419 g/mol. The Balaban J connectivity index is 2.24. The number of aryl methyl sites for hydroxylation is 1. The molecule has 0 bridgehead atoms. The predicted molar refractivity (Wildman–Crippen MR) is 129 cm³/mol. The molecule has 1 saturated carbocycles. The molecule has 5 heteroatoms. The van der Waals surface area contributed by atoms with Gasteiger partial charge in [0.1, 0.15) is 11.4 Å². The first-order chi connectivity index (χ1) is 13.4. The molecule has 29 heavy (non-hydrogen) atoms. The average molecular weight is 458 g/mol. The van der Waals surface area contributed by atoms with E-state index in [1.165, 1.54) is 11.1 Å². The molecular formula is C24H38Cl2O2Si. The minimum atomic E-state index is -2.09. The zero-order chi connectivity index (χ0) is 22.0. The molecule has 0 heterocycles. The number of methoxy groups -OCH3 is 1. The van der Waals surface area contributed by atoms with E-state index in [2.05, 4.69) is 66.7 Å². The first-order valence-corrected chi connectivity index (χ1v) is 13.7. The molecule has 0 aliphatic heterocycles. The fourth-order valence-corrected chi connectivity index (χ4v) is 11.6. The number of benzene rings is 1. The van der Waals surface area contributed by atoms with Crippen LogP contribution < -0.4 is 4.74 Å². The molecule has 1 aliphatic carbocycles. The van der Waals surface area contributed by atoms with Gasteiger partial charge in [0.25, 0.3) is 0 Å². The lowest BCUT2D eigenvalue weighted by Crippen LogP contribution is -2.52. The van der Waals surface area contributed by atoms with E-state index in [-0.39, 0.29) is 0 Å². The van der Waals surface area contributed by atoms with E-state index < -0.39 is 18.3 Å². The highest BCUT2D eigenvalue weighted by Crippen LogP contribution is 2.65. The molecule has 0 radical (unpaired) electrons. The predicted octanol–water partition coefficient (Wildman–Crippen LogP) is 8.08. The van der Waals surface area contributed by atoms with Gasteiger partial charge < -0.3 is 9.16 Å². The Bertz CT molecular complexity index is 706. The summed E-state index contributed by atoms with van der Waals surface area (Å²) >= 11 is 13.4. The van der Waals surface area contributed by atoms with Gasteiger partial charge in [-0.3, -0.25) is 0 Å². The van der Waals surface area contributed by atoms with Gasteiger partial charge in [-0.2, -0.15) is 0 Å². The zero-order valence-corrected chi connectivity index (χ0v) is 21.8. The van der Waals surface area contributed by atoms with Crippen LogP contribution >= 0.6 is 23.2 Å². The molecule has 2 rings (SSSR count). The molecule has 1 atom stereocenters. The number of hydrogen-bond acceptors (Lipinski definition) is 2. The Hall–Kier alpha value is -0.483. The summed E-state index contributed by atoms with van der Waals surface area (Å²) < 4.78 is 11.6. The smallest absolute Gasteiger partial charge is 0.201 e. The van der Waals surface area contributed by atoms with Crippen molar-refractivity contribution < 1.29 is 9.16 Å². The number of rotatable bonds is 10. The molecule has 0 N–H and O–H groups in total. The van der Waals surface area contributed by atoms with Crippen molar-refractivity contribution in [1.29, 1.82) is 0 Å². The third kappa shape index (κ3) is 4.89. The lowest BCUT2D eigenvalue weighted by atomic mass is 10.0. The molecule has 1 aromatic carbocycles. The summed E-state index contributed by atoms with van der Waals surface area (Å²) in [4.78, 5) is 0. The van der Waals surface area contributed by atoms with Crippen LogP contribution in [-0.4, -0.2) is 25.4 Å². The van der Waals surface area contributed by atoms with Crippen molar-refractivity contribution in [2.45, 2.75) is 94.3 Å². The fourth-order valence-electron chi connectivity index (χ4n) is 4.99. The lowest BCUT2D eigenvalue weighted by molar-refractivity contribution is 0.182. The topological polar surface area (TPSA) is 18.5 Å². The van der Waals surface area contributed by atoms with Crippen LogP contribution in [0.4, 0.5) is 0 Å². The van der Waals surface area contributed by atoms with Gasteiger partial charge in [0.15, 0.2) is 4.33 Å². The van der Waals surface area contributed by atoms with E-state index >= 15 is 0 Å². The fraction of sp³-hybridized carbons (Fsp3) is 0.667. The minimum Gasteiger partial charge on any atom is -0.497 e. The Morgan fingerprint density at radius 2 is 1.66 bits per heavy atom. The van der Waals surface area contributed by atoms with Gasteiger partial charge in [-0.1, -0.05) is 83.0 Å². The Morgan fingerprint density at radius 1 is 1.10 bits per heavy atom. The van der Waals surface area contributed by atoms with Gasteiger partial charge in [-0.05, 0) is 59.7 Å². The molecule has 0 saturated heterocycles. The number of allylic oxidation sites excluding steroid dienone is 1. The summed E-state index contributed by atoms with van der Waals surface area (Å²) in [6.07, 6.45) is 4.81. The zero-order valence-electron chi connectivity index (χ0n) is 19.3. The Labute approximate surface area is 189 Å². The Morgan fingerprint density at radius 3 is 2.10 bits per heavy atom. The van der Waals surface area contributed by atoms with Gasteiger partial charge >= 0.3 is 0 Å². The molecule has 2 nitrogen and oxygen atoms in total. The van der Waals surface area contributed by atoms with Crippen LogP contribution in [0.25, 0.3) is 0 Å². The summed E-state index contributed by atoms with van der Waals surface area (Å²) in [7, 11) is -0.393. The van der Waals surface area contributed by atoms with Crippen molar-refractivity contribution in [2.75, 3.05) is 7.11 Å². The summed E-state index contributed by atoms with van der Waals surface area (Å²) in [5.74, 6) is 0.896. The summed E-state index contributed by atoms with van der Waals surface area (Å²) in [6.45, 7) is 15.9. The van der Waals surface area contributed by atoms with Crippen LogP contribution in [-0.2, 0) is 10.8 Å². The number of hydrogen-bond donors (Lipinski definition) is 0. The first kappa shape index (κ1) is 24.8. The van der Waals surface area contributed by atoms with Crippen molar-refractivity contribution in [3.8, 4) is 5.75 Å². The second kappa shape index (κ2) is 9.34. The van der Waals surface area contributed by atoms with Crippen LogP contribution in [0.3, 0.4) is 0 Å². The van der Waals surface area contributed by atoms with Crippen molar-refractivity contribution in [3.05, 3.63) is 41.5 Å². The van der Waals surface area contributed by atoms with Crippen molar-refractivity contribution in [3.63, 3.8) is 0 Å². The maximum Gasteiger partial charge on any atom is 0.201 e. The second-order valence-corrected chi connectivity index (χ2v) is 16.3. The standard InChI is InChI=1S/C24H38Cl2O2Si/c1-17(2)29(18(3)4,19(5)6)28-23(16-24(23,25)26)20(7)11-9-12-21-13-10-14-22(15-21)27-8/h10-11,13-15,17-19H,9,12,16H2,1-8H3/b20-11+. The largest absolute Gasteiger partial charge is 0.497 e. The number of halogens is 2. The maximum atomic E-state index is 7.12. The third-order valence-electron chi connectivity index (χ3n) is 6.65. The van der Waals surface area contributed by atoms with E-state index in [4.69, 9.17) is 32.4 Å². The average Bonchev–Trinajstić information content (AvgIpc) is 3.20. The van der Waals surface area contributed by atoms with Crippen LogP contribution in [0.1, 0.15) is 66.9 Å². The minimum absolute atomic E-state index is 0.494. The molecule has 0 spiro atoms. The van der Waals surface area contributed by atoms with Gasteiger partial charge in [0, 0.05) is 6.42 Å². The SMILES string of the molecule is COc1cccc(CC/C=C(\C)C2(O[Si](C(C)C)(C(C)C)C(C)C)CC2(Cl)Cl)c1. The van der Waals surface area contributed by atoms with E-state index in [9.17, 15) is 0 Å². The van der Waals surface area contributed by atoms with Gasteiger partial charge in [0.05, 0.1) is 7.11 Å². The monoisotopic (exact) mass is 456 g/mol. The van der Waals surface area contributed by atoms with Crippen LogP contribution in [0.15, 0.2) is 35.9 Å². The van der Waals surface area contributed by atoms with Crippen LogP contribution in [0, 0.1) is 0 Å². The Kier molecular flexibility index (Phi) is 7.98. The molecule has 1 fully saturated rings. The molecule has 0 amide bonds. The first-order valence-electron chi connectivity index (χ1n) is 10.8. The van der Waals surface area contributed by atoms with Gasteiger partial charge in [0.2, 0.25) is 8.32 Å². The summed E-state index contributed by atoms with van der Waals surface area (Å²) in [6, 6.07) is 8.23. The highest BCUT2D eigenvalue weighted by atomic mass is 35.5. The van der Waals surface area contributed by atoms with Crippen molar-refractivity contribution in [2.24, 2.45) is 0 Å². The van der Waals surface area contributed by atoms with E-state index in [1.54, 1.807) is 7.11 Å². The van der Waals surface area contributed by atoms with Crippen LogP contribution in [0.2, 0.25) is 16.6 Å². The van der Waals surface area contributed by atoms with E-state index in [0.717, 1.165) is 18.6 Å². The summed E-state index contributed by atoms with van der Waals surface area (Å²) in [5, 5.41) is 0. The van der Waals surface area contributed by atoms with Crippen molar-refractivity contribution >= 4 is 31.5 Å². The highest BCUT2D eigenvalue weighted by Gasteiger charge is 2.71. The molecule has 0 aromatic heterocycles. The third-order valence-corrected chi connectivity index (χ3v) is 13.6. The second-order valence-electron chi connectivity index (χ2n) is 9.41. The van der Waals surface area contributed by atoms with Crippen LogP contribution in [0.5, 0.6) is 5.75 Å². The molecule has 164 valence electrons. The maximum absolute atomic E-state index is 7.12. The van der Waals surface area contributed by atoms with Crippen molar-refractivity contribution in [1.82, 2.24) is 0 Å². The quantitative estimate of drug-likeness (QED) is 0.201. The normalized spacial score (nSPS) is 21.9. The molecule has 1 aliphatic rings. The van der Waals surface area contributed by atoms with Gasteiger partial charge in [-0.15, -0.1) is 0 Å². The van der Waals surface area contributed by atoms with E-state index in [0.29, 0.717) is 23.0 Å². The van der Waals surface area contributed by atoms with Gasteiger partial charge in [-0.25, -0.2) is 0 Å².